The number of aromatic nitrogens is 2. The number of piperidine rings is 1. The number of likely N-dealkylation sites (N-methyl/N-ethyl adjacent to an activating group) is 1. The number of urea groups is 1. The van der Waals surface area contributed by atoms with E-state index in [0.29, 0.717) is 24.3 Å². The Labute approximate surface area is 185 Å². The zero-order valence-corrected chi connectivity index (χ0v) is 19.3. The van der Waals surface area contributed by atoms with Crippen molar-refractivity contribution in [1.82, 2.24) is 19.4 Å². The van der Waals surface area contributed by atoms with Gasteiger partial charge in [-0.05, 0) is 39.4 Å². The molecule has 3 heterocycles. The molecular formula is C20H26N6O3S2. The molecule has 1 aliphatic heterocycles. The van der Waals surface area contributed by atoms with Crippen molar-refractivity contribution in [1.29, 1.82) is 0 Å². The first-order valence-corrected chi connectivity index (χ1v) is 12.3. The fourth-order valence-electron chi connectivity index (χ4n) is 4.03. The molecule has 9 nitrogen and oxygen atoms in total. The molecule has 2 N–H and O–H groups in total. The molecule has 1 atom stereocenters. The molecule has 31 heavy (non-hydrogen) atoms. The van der Waals surface area contributed by atoms with Gasteiger partial charge in [-0.25, -0.2) is 13.8 Å². The molecule has 1 aromatic carbocycles. The van der Waals surface area contributed by atoms with Crippen LogP contribution in [0.15, 0.2) is 36.7 Å². The van der Waals surface area contributed by atoms with Gasteiger partial charge in [0.05, 0.1) is 23.6 Å². The molecule has 2 amide bonds. The quantitative estimate of drug-likeness (QED) is 0.607. The Kier molecular flexibility index (Phi) is 5.91. The van der Waals surface area contributed by atoms with Gasteiger partial charge in [0, 0.05) is 34.8 Å². The molecule has 11 heteroatoms. The van der Waals surface area contributed by atoms with E-state index in [1.54, 1.807) is 29.3 Å². The Hall–Kier alpha value is -2.63. The number of benzene rings is 1. The van der Waals surface area contributed by atoms with Crippen molar-refractivity contribution >= 4 is 49.0 Å². The number of aryl methyl sites for hydroxylation is 2. The standard InChI is InChI=1S/C20H26N6O3S2/c1-14-19(17-8-4-5-9-18(17)30-14)22-20(27)23-31(28,29)26(16-11-21-25(3)13-16)15-7-6-10-24(2)12-15/h4-5,8-9,11,13,15H,6-7,10,12H2,1-3H3,(H2,22,23,27). The third kappa shape index (κ3) is 4.53. The lowest BCUT2D eigenvalue weighted by Gasteiger charge is -2.37. The lowest BCUT2D eigenvalue weighted by atomic mass is 10.1. The second-order valence-electron chi connectivity index (χ2n) is 7.82. The maximum atomic E-state index is 13.3. The molecule has 2 aromatic heterocycles. The minimum atomic E-state index is -4.16. The highest BCUT2D eigenvalue weighted by atomic mass is 32.2. The molecule has 0 bridgehead atoms. The van der Waals surface area contributed by atoms with Crippen LogP contribution in [0.1, 0.15) is 17.7 Å². The monoisotopic (exact) mass is 462 g/mol. The zero-order chi connectivity index (χ0) is 22.2. The van der Waals surface area contributed by atoms with Crippen molar-refractivity contribution in [2.75, 3.05) is 29.8 Å². The number of amides is 2. The summed E-state index contributed by atoms with van der Waals surface area (Å²) in [7, 11) is -0.468. The van der Waals surface area contributed by atoms with E-state index in [1.807, 2.05) is 38.2 Å². The van der Waals surface area contributed by atoms with E-state index in [9.17, 15) is 13.2 Å². The number of carbonyl (C=O) groups excluding carboxylic acids is 1. The van der Waals surface area contributed by atoms with Crippen LogP contribution in [0.2, 0.25) is 0 Å². The number of thiophene rings is 1. The summed E-state index contributed by atoms with van der Waals surface area (Å²) in [6.07, 6.45) is 4.72. The van der Waals surface area contributed by atoms with Gasteiger partial charge in [-0.3, -0.25) is 4.68 Å². The SMILES string of the molecule is Cc1sc2ccccc2c1NC(=O)NS(=O)(=O)N(c1cnn(C)c1)C1CCCN(C)C1. The molecule has 1 unspecified atom stereocenters. The average molecular weight is 463 g/mol. The fraction of sp³-hybridized carbons (Fsp3) is 0.400. The lowest BCUT2D eigenvalue weighted by molar-refractivity contribution is 0.251. The second-order valence-corrected chi connectivity index (χ2v) is 10.6. The number of anilines is 2. The van der Waals surface area contributed by atoms with Crippen molar-refractivity contribution in [2.24, 2.45) is 7.05 Å². The maximum absolute atomic E-state index is 13.3. The smallest absolute Gasteiger partial charge is 0.305 e. The van der Waals surface area contributed by atoms with Gasteiger partial charge in [-0.2, -0.15) is 13.5 Å². The van der Waals surface area contributed by atoms with Crippen molar-refractivity contribution in [3.8, 4) is 0 Å². The normalized spacial score (nSPS) is 17.6. The highest BCUT2D eigenvalue weighted by molar-refractivity contribution is 7.91. The van der Waals surface area contributed by atoms with E-state index in [1.165, 1.54) is 10.5 Å². The Bertz CT molecular complexity index is 1200. The lowest BCUT2D eigenvalue weighted by Crippen LogP contribution is -2.54. The maximum Gasteiger partial charge on any atom is 0.334 e. The van der Waals surface area contributed by atoms with Crippen molar-refractivity contribution < 1.29 is 13.2 Å². The van der Waals surface area contributed by atoms with Gasteiger partial charge >= 0.3 is 16.2 Å². The highest BCUT2D eigenvalue weighted by Gasteiger charge is 2.35. The van der Waals surface area contributed by atoms with Gasteiger partial charge in [0.15, 0.2) is 0 Å². The number of nitrogens with zero attached hydrogens (tertiary/aromatic N) is 4. The van der Waals surface area contributed by atoms with Crippen LogP contribution in [0.25, 0.3) is 10.1 Å². The molecule has 1 aliphatic rings. The summed E-state index contributed by atoms with van der Waals surface area (Å²) in [4.78, 5) is 15.8. The average Bonchev–Trinajstić information content (AvgIpc) is 3.24. The van der Waals surface area contributed by atoms with Crippen LogP contribution < -0.4 is 14.3 Å². The van der Waals surface area contributed by atoms with E-state index in [0.717, 1.165) is 27.9 Å². The molecule has 4 rings (SSSR count). The van der Waals surface area contributed by atoms with E-state index in [2.05, 4.69) is 20.0 Å². The number of carbonyl (C=O) groups is 1. The van der Waals surface area contributed by atoms with Gasteiger partial charge in [-0.15, -0.1) is 11.3 Å². The molecule has 1 saturated heterocycles. The van der Waals surface area contributed by atoms with Gasteiger partial charge in [0.2, 0.25) is 0 Å². The summed E-state index contributed by atoms with van der Waals surface area (Å²) in [6.45, 7) is 3.39. The van der Waals surface area contributed by atoms with Crippen LogP contribution in [0.4, 0.5) is 16.2 Å². The van der Waals surface area contributed by atoms with Crippen LogP contribution in [0, 0.1) is 6.92 Å². The Morgan fingerprint density at radius 2 is 2.06 bits per heavy atom. The van der Waals surface area contributed by atoms with E-state index in [-0.39, 0.29) is 6.04 Å². The first-order valence-electron chi connectivity index (χ1n) is 10.0. The topological polar surface area (TPSA) is 99.6 Å². The Morgan fingerprint density at radius 1 is 1.29 bits per heavy atom. The molecule has 0 aliphatic carbocycles. The third-order valence-corrected chi connectivity index (χ3v) is 7.92. The van der Waals surface area contributed by atoms with Gasteiger partial charge in [-0.1, -0.05) is 18.2 Å². The van der Waals surface area contributed by atoms with Crippen LogP contribution in [0.5, 0.6) is 0 Å². The Morgan fingerprint density at radius 3 is 2.77 bits per heavy atom. The summed E-state index contributed by atoms with van der Waals surface area (Å²) < 4.78 is 32.7. The summed E-state index contributed by atoms with van der Waals surface area (Å²) >= 11 is 1.55. The predicted octanol–water partition coefficient (Wildman–Crippen LogP) is 2.91. The first-order chi connectivity index (χ1) is 14.7. The number of hydrogen-bond donors (Lipinski definition) is 2. The second kappa shape index (κ2) is 8.48. The van der Waals surface area contributed by atoms with Crippen molar-refractivity contribution in [2.45, 2.75) is 25.8 Å². The number of likely N-dealkylation sites (tertiary alicyclic amines) is 1. The van der Waals surface area contributed by atoms with Gasteiger partial charge in [0.25, 0.3) is 0 Å². The molecule has 166 valence electrons. The third-order valence-electron chi connectivity index (χ3n) is 5.37. The molecule has 3 aromatic rings. The van der Waals surface area contributed by atoms with E-state index in [4.69, 9.17) is 0 Å². The van der Waals surface area contributed by atoms with Crippen LogP contribution in [-0.4, -0.2) is 55.3 Å². The van der Waals surface area contributed by atoms with E-state index >= 15 is 0 Å². The van der Waals surface area contributed by atoms with Gasteiger partial charge < -0.3 is 10.2 Å². The Balaban J connectivity index is 1.59. The number of fused-ring (bicyclic) bond motifs is 1. The summed E-state index contributed by atoms with van der Waals surface area (Å²) in [6, 6.07) is 6.61. The van der Waals surface area contributed by atoms with E-state index < -0.39 is 16.2 Å². The van der Waals surface area contributed by atoms with Crippen LogP contribution >= 0.6 is 11.3 Å². The van der Waals surface area contributed by atoms with Crippen LogP contribution in [0.3, 0.4) is 0 Å². The highest BCUT2D eigenvalue weighted by Crippen LogP contribution is 2.35. The molecule has 0 saturated carbocycles. The molecule has 0 spiro atoms. The van der Waals surface area contributed by atoms with Crippen molar-refractivity contribution in [3.05, 3.63) is 41.5 Å². The van der Waals surface area contributed by atoms with Crippen molar-refractivity contribution in [3.63, 3.8) is 0 Å². The number of rotatable bonds is 5. The molecule has 1 fully saturated rings. The minimum Gasteiger partial charge on any atom is -0.305 e. The summed E-state index contributed by atoms with van der Waals surface area (Å²) in [5.74, 6) is 0. The number of hydrogen-bond acceptors (Lipinski definition) is 6. The van der Waals surface area contributed by atoms with Crippen LogP contribution in [-0.2, 0) is 17.3 Å². The summed E-state index contributed by atoms with van der Waals surface area (Å²) in [5.41, 5.74) is 1.05. The molecule has 0 radical (unpaired) electrons. The fourth-order valence-corrected chi connectivity index (χ4v) is 6.37. The predicted molar refractivity (Wildman–Crippen MR) is 124 cm³/mol. The van der Waals surface area contributed by atoms with Gasteiger partial charge in [0.1, 0.15) is 0 Å². The summed E-state index contributed by atoms with van der Waals surface area (Å²) in [5, 5.41) is 7.74. The largest absolute Gasteiger partial charge is 0.334 e. The zero-order valence-electron chi connectivity index (χ0n) is 17.7. The number of nitrogens with one attached hydrogen (secondary N) is 2. The molecular weight excluding hydrogens is 436 g/mol. The first kappa shape index (κ1) is 21.6. The minimum absolute atomic E-state index is 0.294.